The summed E-state index contributed by atoms with van der Waals surface area (Å²) in [4.78, 5) is 1.97. The molecular formula is C13H16N2O2. The zero-order valence-electron chi connectivity index (χ0n) is 9.62. The summed E-state index contributed by atoms with van der Waals surface area (Å²) < 4.78 is 5.25. The summed E-state index contributed by atoms with van der Waals surface area (Å²) in [5.74, 6) is 0. The molecule has 1 fully saturated rings. The van der Waals surface area contributed by atoms with Crippen LogP contribution in [0.2, 0.25) is 0 Å². The molecule has 0 aromatic heterocycles. The first-order valence-electron chi connectivity index (χ1n) is 5.77. The van der Waals surface area contributed by atoms with Gasteiger partial charge in [0.1, 0.15) is 12.1 Å². The van der Waals surface area contributed by atoms with Gasteiger partial charge in [-0.15, -0.1) is 0 Å². The van der Waals surface area contributed by atoms with Crippen molar-refractivity contribution in [2.24, 2.45) is 0 Å². The van der Waals surface area contributed by atoms with Crippen LogP contribution in [0.3, 0.4) is 0 Å². The first-order valence-corrected chi connectivity index (χ1v) is 5.77. The first kappa shape index (κ1) is 12.1. The molecule has 2 unspecified atom stereocenters. The lowest BCUT2D eigenvalue weighted by Crippen LogP contribution is -2.45. The molecular weight excluding hydrogens is 216 g/mol. The maximum atomic E-state index is 10.2. The SMILES string of the molecule is N#CC(C(O)c1ccccc1)N1CCOCC1. The Morgan fingerprint density at radius 1 is 1.24 bits per heavy atom. The molecule has 1 aromatic rings. The fourth-order valence-corrected chi connectivity index (χ4v) is 2.04. The Labute approximate surface area is 101 Å². The summed E-state index contributed by atoms with van der Waals surface area (Å²) in [7, 11) is 0. The normalized spacial score (nSPS) is 20.5. The molecule has 4 heteroatoms. The van der Waals surface area contributed by atoms with Crippen LogP contribution in [0.4, 0.5) is 0 Å². The van der Waals surface area contributed by atoms with Gasteiger partial charge in [-0.2, -0.15) is 5.26 Å². The van der Waals surface area contributed by atoms with E-state index in [2.05, 4.69) is 6.07 Å². The predicted octanol–water partition coefficient (Wildman–Crippen LogP) is 0.944. The average Bonchev–Trinajstić information content (AvgIpc) is 2.42. The Morgan fingerprint density at radius 3 is 2.47 bits per heavy atom. The number of hydrogen-bond donors (Lipinski definition) is 1. The number of rotatable bonds is 3. The lowest BCUT2D eigenvalue weighted by atomic mass is 10.0. The van der Waals surface area contributed by atoms with E-state index in [9.17, 15) is 10.4 Å². The standard InChI is InChI=1S/C13H16N2O2/c14-10-12(15-6-8-17-9-7-15)13(16)11-4-2-1-3-5-11/h1-5,12-13,16H,6-9H2. The fraction of sp³-hybridized carbons (Fsp3) is 0.462. The smallest absolute Gasteiger partial charge is 0.128 e. The van der Waals surface area contributed by atoms with Crippen LogP contribution in [0.5, 0.6) is 0 Å². The van der Waals surface area contributed by atoms with Crippen molar-refractivity contribution in [2.45, 2.75) is 12.1 Å². The summed E-state index contributed by atoms with van der Waals surface area (Å²) in [5.41, 5.74) is 0.783. The van der Waals surface area contributed by atoms with Crippen LogP contribution < -0.4 is 0 Å². The molecule has 1 aliphatic heterocycles. The third-order valence-electron chi connectivity index (χ3n) is 3.01. The van der Waals surface area contributed by atoms with Crippen LogP contribution in [0.25, 0.3) is 0 Å². The van der Waals surface area contributed by atoms with Crippen LogP contribution in [-0.2, 0) is 4.74 Å². The van der Waals surface area contributed by atoms with Crippen LogP contribution >= 0.6 is 0 Å². The minimum Gasteiger partial charge on any atom is -0.386 e. The second-order valence-electron chi connectivity index (χ2n) is 4.08. The van der Waals surface area contributed by atoms with Gasteiger partial charge in [-0.3, -0.25) is 4.90 Å². The molecule has 0 radical (unpaired) electrons. The second kappa shape index (κ2) is 5.78. The van der Waals surface area contributed by atoms with E-state index in [1.807, 2.05) is 35.2 Å². The highest BCUT2D eigenvalue weighted by atomic mass is 16.5. The number of nitrogens with zero attached hydrogens (tertiary/aromatic N) is 2. The number of morpholine rings is 1. The Balaban J connectivity index is 2.10. The van der Waals surface area contributed by atoms with E-state index in [1.165, 1.54) is 0 Å². The highest BCUT2D eigenvalue weighted by molar-refractivity contribution is 5.21. The number of nitriles is 1. The maximum absolute atomic E-state index is 10.2. The number of hydrogen-bond acceptors (Lipinski definition) is 4. The largest absolute Gasteiger partial charge is 0.386 e. The van der Waals surface area contributed by atoms with E-state index >= 15 is 0 Å². The van der Waals surface area contributed by atoms with E-state index in [1.54, 1.807) is 0 Å². The average molecular weight is 232 g/mol. The monoisotopic (exact) mass is 232 g/mol. The van der Waals surface area contributed by atoms with Crippen LogP contribution in [-0.4, -0.2) is 42.4 Å². The van der Waals surface area contributed by atoms with Gasteiger partial charge in [0.25, 0.3) is 0 Å². The summed E-state index contributed by atoms with van der Waals surface area (Å²) in [5, 5.41) is 19.4. The quantitative estimate of drug-likeness (QED) is 0.842. The van der Waals surface area contributed by atoms with Crippen molar-refractivity contribution in [3.63, 3.8) is 0 Å². The molecule has 0 saturated carbocycles. The molecule has 0 bridgehead atoms. The third-order valence-corrected chi connectivity index (χ3v) is 3.01. The van der Waals surface area contributed by atoms with Crippen molar-refractivity contribution >= 4 is 0 Å². The van der Waals surface area contributed by atoms with Crippen LogP contribution in [0.15, 0.2) is 30.3 Å². The van der Waals surface area contributed by atoms with Gasteiger partial charge in [0.05, 0.1) is 19.3 Å². The highest BCUT2D eigenvalue weighted by Crippen LogP contribution is 2.21. The second-order valence-corrected chi connectivity index (χ2v) is 4.08. The molecule has 4 nitrogen and oxygen atoms in total. The van der Waals surface area contributed by atoms with Crippen molar-refractivity contribution in [3.05, 3.63) is 35.9 Å². The number of aliphatic hydroxyl groups is 1. The zero-order chi connectivity index (χ0) is 12.1. The van der Waals surface area contributed by atoms with Gasteiger partial charge in [0.15, 0.2) is 0 Å². The first-order chi connectivity index (χ1) is 8.33. The van der Waals surface area contributed by atoms with Gasteiger partial charge >= 0.3 is 0 Å². The molecule has 1 heterocycles. The van der Waals surface area contributed by atoms with Crippen LogP contribution in [0, 0.1) is 11.3 Å². The Bertz CT molecular complexity index is 382. The zero-order valence-corrected chi connectivity index (χ0v) is 9.62. The van der Waals surface area contributed by atoms with Gasteiger partial charge < -0.3 is 9.84 Å². The molecule has 1 saturated heterocycles. The summed E-state index contributed by atoms with van der Waals surface area (Å²) >= 11 is 0. The molecule has 2 atom stereocenters. The summed E-state index contributed by atoms with van der Waals surface area (Å²) in [6.07, 6.45) is -0.765. The molecule has 0 spiro atoms. The minimum atomic E-state index is -0.765. The maximum Gasteiger partial charge on any atom is 0.128 e. The van der Waals surface area contributed by atoms with E-state index in [-0.39, 0.29) is 0 Å². The van der Waals surface area contributed by atoms with Gasteiger partial charge in [0.2, 0.25) is 0 Å². The molecule has 90 valence electrons. The van der Waals surface area contributed by atoms with Gasteiger partial charge in [-0.1, -0.05) is 30.3 Å². The van der Waals surface area contributed by atoms with Gasteiger partial charge in [-0.05, 0) is 5.56 Å². The lowest BCUT2D eigenvalue weighted by Gasteiger charge is -2.33. The van der Waals surface area contributed by atoms with Gasteiger partial charge in [-0.25, -0.2) is 0 Å². The number of benzene rings is 1. The number of aliphatic hydroxyl groups excluding tert-OH is 1. The van der Waals surface area contributed by atoms with E-state index < -0.39 is 12.1 Å². The summed E-state index contributed by atoms with van der Waals surface area (Å²) in [6.45, 7) is 2.64. The van der Waals surface area contributed by atoms with E-state index in [4.69, 9.17) is 4.74 Å². The van der Waals surface area contributed by atoms with E-state index in [0.717, 1.165) is 5.56 Å². The molecule has 1 aliphatic rings. The minimum absolute atomic E-state index is 0.499. The number of ether oxygens (including phenoxy) is 1. The van der Waals surface area contributed by atoms with Crippen molar-refractivity contribution < 1.29 is 9.84 Å². The van der Waals surface area contributed by atoms with Crippen molar-refractivity contribution in [1.82, 2.24) is 4.90 Å². The Hall–Kier alpha value is -1.41. The fourth-order valence-electron chi connectivity index (χ4n) is 2.04. The third kappa shape index (κ3) is 2.83. The lowest BCUT2D eigenvalue weighted by molar-refractivity contribution is -0.00546. The van der Waals surface area contributed by atoms with Crippen LogP contribution in [0.1, 0.15) is 11.7 Å². The van der Waals surface area contributed by atoms with E-state index in [0.29, 0.717) is 26.3 Å². The molecule has 17 heavy (non-hydrogen) atoms. The Morgan fingerprint density at radius 2 is 1.88 bits per heavy atom. The van der Waals surface area contributed by atoms with Crippen molar-refractivity contribution in [2.75, 3.05) is 26.3 Å². The predicted molar refractivity (Wildman–Crippen MR) is 63.2 cm³/mol. The van der Waals surface area contributed by atoms with Crippen molar-refractivity contribution in [3.8, 4) is 6.07 Å². The topological polar surface area (TPSA) is 56.5 Å². The molecule has 1 N–H and O–H groups in total. The van der Waals surface area contributed by atoms with Gasteiger partial charge in [0, 0.05) is 13.1 Å². The molecule has 0 aliphatic carbocycles. The molecule has 1 aromatic carbocycles. The molecule has 2 rings (SSSR count). The van der Waals surface area contributed by atoms with Crippen molar-refractivity contribution in [1.29, 1.82) is 5.26 Å². The summed E-state index contributed by atoms with van der Waals surface area (Å²) in [6, 6.07) is 11.0. The Kier molecular flexibility index (Phi) is 4.10. The highest BCUT2D eigenvalue weighted by Gasteiger charge is 2.28. The molecule has 0 amide bonds.